The summed E-state index contributed by atoms with van der Waals surface area (Å²) < 4.78 is 4.52. The number of amides is 1. The highest BCUT2D eigenvalue weighted by Crippen LogP contribution is 2.26. The monoisotopic (exact) mass is 323 g/mol. The molecule has 0 atom stereocenters. The maximum Gasteiger partial charge on any atom is 0.247 e. The van der Waals surface area contributed by atoms with Crippen LogP contribution >= 0.6 is 15.9 Å². The van der Waals surface area contributed by atoms with Gasteiger partial charge in [0.1, 0.15) is 0 Å². The number of carbonyl (C=O) groups excluding carboxylic acids is 1. The SMILES string of the molecule is Cc1ccc(-c2nnco2)cc1NC(=O)C(C)(C)Br. The number of nitrogens with one attached hydrogen (secondary N) is 1. The number of alkyl halides is 1. The summed E-state index contributed by atoms with van der Waals surface area (Å²) in [5.41, 5.74) is 2.47. The minimum atomic E-state index is -0.625. The van der Waals surface area contributed by atoms with Crippen molar-refractivity contribution in [3.05, 3.63) is 30.2 Å². The molecule has 0 aliphatic carbocycles. The molecule has 1 amide bonds. The van der Waals surface area contributed by atoms with E-state index in [2.05, 4.69) is 31.4 Å². The average Bonchev–Trinajstić information content (AvgIpc) is 2.84. The Morgan fingerprint density at radius 1 is 1.42 bits per heavy atom. The number of aryl methyl sites for hydroxylation is 1. The van der Waals surface area contributed by atoms with Gasteiger partial charge in [-0.3, -0.25) is 4.79 Å². The van der Waals surface area contributed by atoms with E-state index in [0.29, 0.717) is 5.89 Å². The van der Waals surface area contributed by atoms with Crippen molar-refractivity contribution in [2.75, 3.05) is 5.32 Å². The average molecular weight is 324 g/mol. The second-order valence-corrected chi connectivity index (χ2v) is 6.68. The molecule has 0 spiro atoms. The molecule has 5 nitrogen and oxygen atoms in total. The van der Waals surface area contributed by atoms with Crippen LogP contribution in [0.25, 0.3) is 11.5 Å². The first-order valence-corrected chi connectivity index (χ1v) is 6.55. The molecule has 0 aliphatic heterocycles. The Balaban J connectivity index is 2.31. The molecule has 0 unspecified atom stereocenters. The molecular weight excluding hydrogens is 310 g/mol. The van der Waals surface area contributed by atoms with E-state index in [1.165, 1.54) is 6.39 Å². The highest BCUT2D eigenvalue weighted by molar-refractivity contribution is 9.10. The third-order valence-electron chi connectivity index (χ3n) is 2.63. The lowest BCUT2D eigenvalue weighted by molar-refractivity contribution is -0.117. The molecule has 0 aliphatic rings. The van der Waals surface area contributed by atoms with E-state index in [1.54, 1.807) is 13.8 Å². The Bertz CT molecular complexity index is 588. The van der Waals surface area contributed by atoms with Crippen LogP contribution in [0.4, 0.5) is 5.69 Å². The summed E-state index contributed by atoms with van der Waals surface area (Å²) in [5, 5.41) is 10.4. The first-order valence-electron chi connectivity index (χ1n) is 5.75. The van der Waals surface area contributed by atoms with Gasteiger partial charge in [-0.15, -0.1) is 10.2 Å². The minimum Gasteiger partial charge on any atom is -0.423 e. The number of hydrogen-bond acceptors (Lipinski definition) is 4. The van der Waals surface area contributed by atoms with Crippen molar-refractivity contribution in [3.63, 3.8) is 0 Å². The molecule has 6 heteroatoms. The number of halogens is 1. The van der Waals surface area contributed by atoms with E-state index in [1.807, 2.05) is 25.1 Å². The standard InChI is InChI=1S/C13H14BrN3O2/c1-8-4-5-9(11-17-15-7-19-11)6-10(8)16-12(18)13(2,3)14/h4-7H,1-3H3,(H,16,18). The maximum absolute atomic E-state index is 12.0. The predicted molar refractivity (Wildman–Crippen MR) is 76.1 cm³/mol. The Morgan fingerprint density at radius 2 is 2.16 bits per heavy atom. The molecule has 0 bridgehead atoms. The summed E-state index contributed by atoms with van der Waals surface area (Å²) in [5.74, 6) is 0.312. The van der Waals surface area contributed by atoms with Crippen LogP contribution in [0.15, 0.2) is 29.0 Å². The third-order valence-corrected chi connectivity index (χ3v) is 2.99. The van der Waals surface area contributed by atoms with Crippen molar-refractivity contribution in [3.8, 4) is 11.5 Å². The number of nitrogens with zero attached hydrogens (tertiary/aromatic N) is 2. The molecule has 1 N–H and O–H groups in total. The summed E-state index contributed by atoms with van der Waals surface area (Å²) in [7, 11) is 0. The number of rotatable bonds is 3. The smallest absolute Gasteiger partial charge is 0.247 e. The fraction of sp³-hybridized carbons (Fsp3) is 0.308. The van der Waals surface area contributed by atoms with Crippen LogP contribution in [-0.4, -0.2) is 20.4 Å². The predicted octanol–water partition coefficient (Wildman–Crippen LogP) is 3.16. The number of anilines is 1. The summed E-state index contributed by atoms with van der Waals surface area (Å²) in [6, 6.07) is 5.59. The lowest BCUT2D eigenvalue weighted by Gasteiger charge is -2.17. The van der Waals surface area contributed by atoms with Gasteiger partial charge in [-0.05, 0) is 38.5 Å². The van der Waals surface area contributed by atoms with E-state index in [9.17, 15) is 4.79 Å². The summed E-state index contributed by atoms with van der Waals surface area (Å²) >= 11 is 3.33. The van der Waals surface area contributed by atoms with Crippen molar-refractivity contribution in [2.24, 2.45) is 0 Å². The van der Waals surface area contributed by atoms with Gasteiger partial charge < -0.3 is 9.73 Å². The van der Waals surface area contributed by atoms with Gasteiger partial charge in [0.05, 0.1) is 4.32 Å². The lowest BCUT2D eigenvalue weighted by atomic mass is 10.1. The third kappa shape index (κ3) is 3.20. The molecule has 0 radical (unpaired) electrons. The van der Waals surface area contributed by atoms with Crippen molar-refractivity contribution >= 4 is 27.5 Å². The fourth-order valence-electron chi connectivity index (χ4n) is 1.46. The molecular formula is C13H14BrN3O2. The summed E-state index contributed by atoms with van der Waals surface area (Å²) in [4.78, 5) is 12.0. The van der Waals surface area contributed by atoms with Crippen molar-refractivity contribution in [1.29, 1.82) is 0 Å². The Kier molecular flexibility index (Phi) is 3.71. The number of hydrogen-bond donors (Lipinski definition) is 1. The first-order chi connectivity index (χ1) is 8.88. The van der Waals surface area contributed by atoms with Crippen LogP contribution in [0, 0.1) is 6.92 Å². The van der Waals surface area contributed by atoms with Gasteiger partial charge in [-0.2, -0.15) is 0 Å². The molecule has 0 fully saturated rings. The van der Waals surface area contributed by atoms with E-state index >= 15 is 0 Å². The topological polar surface area (TPSA) is 68.0 Å². The quantitative estimate of drug-likeness (QED) is 0.881. The van der Waals surface area contributed by atoms with Crippen LogP contribution in [0.5, 0.6) is 0 Å². The first kappa shape index (κ1) is 13.7. The molecule has 19 heavy (non-hydrogen) atoms. The van der Waals surface area contributed by atoms with Crippen molar-refractivity contribution < 1.29 is 9.21 Å². The zero-order chi connectivity index (χ0) is 14.0. The van der Waals surface area contributed by atoms with Crippen molar-refractivity contribution in [1.82, 2.24) is 10.2 Å². The molecule has 1 aromatic carbocycles. The molecule has 1 aromatic heterocycles. The Morgan fingerprint density at radius 3 is 2.74 bits per heavy atom. The van der Waals surface area contributed by atoms with Gasteiger partial charge >= 0.3 is 0 Å². The zero-order valence-electron chi connectivity index (χ0n) is 10.9. The van der Waals surface area contributed by atoms with Gasteiger partial charge in [0, 0.05) is 11.3 Å². The Labute approximate surface area is 119 Å². The van der Waals surface area contributed by atoms with Gasteiger partial charge in [-0.1, -0.05) is 22.0 Å². The van der Waals surface area contributed by atoms with Gasteiger partial charge in [0.2, 0.25) is 18.2 Å². The molecule has 0 saturated carbocycles. The van der Waals surface area contributed by atoms with Crippen LogP contribution in [-0.2, 0) is 4.79 Å². The fourth-order valence-corrected chi connectivity index (χ4v) is 1.56. The molecule has 0 saturated heterocycles. The van der Waals surface area contributed by atoms with Crippen molar-refractivity contribution in [2.45, 2.75) is 25.1 Å². The number of carbonyl (C=O) groups is 1. The largest absolute Gasteiger partial charge is 0.423 e. The normalized spacial score (nSPS) is 11.4. The maximum atomic E-state index is 12.0. The second-order valence-electron chi connectivity index (χ2n) is 4.70. The van der Waals surface area contributed by atoms with Gasteiger partial charge in [-0.25, -0.2) is 0 Å². The second kappa shape index (κ2) is 5.13. The number of aromatic nitrogens is 2. The van der Waals surface area contributed by atoms with E-state index in [4.69, 9.17) is 4.42 Å². The van der Waals surface area contributed by atoms with Gasteiger partial charge in [0.25, 0.3) is 0 Å². The molecule has 2 rings (SSSR count). The zero-order valence-corrected chi connectivity index (χ0v) is 12.5. The van der Waals surface area contributed by atoms with Crippen LogP contribution < -0.4 is 5.32 Å². The Hall–Kier alpha value is -1.69. The molecule has 1 heterocycles. The highest BCUT2D eigenvalue weighted by atomic mass is 79.9. The number of benzene rings is 1. The summed E-state index contributed by atoms with van der Waals surface area (Å²) in [6.45, 7) is 5.51. The summed E-state index contributed by atoms with van der Waals surface area (Å²) in [6.07, 6.45) is 1.27. The van der Waals surface area contributed by atoms with E-state index in [0.717, 1.165) is 16.8 Å². The molecule has 2 aromatic rings. The van der Waals surface area contributed by atoms with E-state index in [-0.39, 0.29) is 5.91 Å². The van der Waals surface area contributed by atoms with Crippen LogP contribution in [0.2, 0.25) is 0 Å². The van der Waals surface area contributed by atoms with E-state index < -0.39 is 4.32 Å². The lowest BCUT2D eigenvalue weighted by Crippen LogP contribution is -2.31. The minimum absolute atomic E-state index is 0.113. The molecule has 100 valence electrons. The highest BCUT2D eigenvalue weighted by Gasteiger charge is 2.24. The van der Waals surface area contributed by atoms with Gasteiger partial charge in [0.15, 0.2) is 0 Å². The van der Waals surface area contributed by atoms with Crippen LogP contribution in [0.1, 0.15) is 19.4 Å². The van der Waals surface area contributed by atoms with Crippen LogP contribution in [0.3, 0.4) is 0 Å².